The van der Waals surface area contributed by atoms with Gasteiger partial charge in [-0.05, 0) is 48.4 Å². The van der Waals surface area contributed by atoms with Gasteiger partial charge in [0.25, 0.3) is 11.5 Å². The average molecular weight is 468 g/mol. The molecule has 178 valence electrons. The van der Waals surface area contributed by atoms with Crippen molar-refractivity contribution >= 4 is 28.2 Å². The molecule has 1 aliphatic heterocycles. The summed E-state index contributed by atoms with van der Waals surface area (Å²) >= 11 is 0. The zero-order chi connectivity index (χ0) is 24.4. The number of anilines is 2. The molecule has 35 heavy (non-hydrogen) atoms. The number of amides is 1. The number of carbonyl (C=O) groups is 1. The first-order chi connectivity index (χ1) is 17.1. The summed E-state index contributed by atoms with van der Waals surface area (Å²) in [5.74, 6) is -0.0827. The number of ether oxygens (including phenoxy) is 1. The Kier molecular flexibility index (Phi) is 6.38. The van der Waals surface area contributed by atoms with Crippen LogP contribution in [0.1, 0.15) is 17.3 Å². The predicted molar refractivity (Wildman–Crippen MR) is 142 cm³/mol. The molecule has 1 aromatic heterocycles. The third-order valence-corrected chi connectivity index (χ3v) is 6.67. The fourth-order valence-corrected chi connectivity index (χ4v) is 4.70. The van der Waals surface area contributed by atoms with Crippen molar-refractivity contribution in [3.8, 4) is 11.1 Å². The average Bonchev–Trinajstić information content (AvgIpc) is 2.92. The summed E-state index contributed by atoms with van der Waals surface area (Å²) < 4.78 is 7.28. The van der Waals surface area contributed by atoms with E-state index in [2.05, 4.69) is 17.0 Å². The van der Waals surface area contributed by atoms with E-state index in [0.29, 0.717) is 25.3 Å². The molecule has 0 unspecified atom stereocenters. The lowest BCUT2D eigenvalue weighted by molar-refractivity contribution is 0.0993. The monoisotopic (exact) mass is 467 g/mol. The second-order valence-electron chi connectivity index (χ2n) is 8.72. The number of morpholine rings is 1. The van der Waals surface area contributed by atoms with Crippen molar-refractivity contribution in [2.75, 3.05) is 43.2 Å². The molecular weight excluding hydrogens is 438 g/mol. The number of nitrogens with zero attached hydrogens (tertiary/aromatic N) is 3. The van der Waals surface area contributed by atoms with Crippen LogP contribution in [-0.4, -0.2) is 43.8 Å². The van der Waals surface area contributed by atoms with E-state index in [1.807, 2.05) is 67.6 Å². The number of rotatable bonds is 5. The van der Waals surface area contributed by atoms with Gasteiger partial charge in [-0.1, -0.05) is 42.5 Å². The smallest absolute Gasteiger partial charge is 0.258 e. The third kappa shape index (κ3) is 4.45. The molecule has 0 atom stereocenters. The molecule has 0 saturated carbocycles. The van der Waals surface area contributed by atoms with Gasteiger partial charge in [-0.3, -0.25) is 9.59 Å². The van der Waals surface area contributed by atoms with Crippen LogP contribution in [0.5, 0.6) is 0 Å². The zero-order valence-electron chi connectivity index (χ0n) is 20.1. The predicted octanol–water partition coefficient (Wildman–Crippen LogP) is 4.80. The van der Waals surface area contributed by atoms with Crippen LogP contribution in [-0.2, 0) is 11.3 Å². The summed E-state index contributed by atoms with van der Waals surface area (Å²) in [5, 5.41) is 0.963. The molecule has 1 aliphatic rings. The van der Waals surface area contributed by atoms with Crippen LogP contribution >= 0.6 is 0 Å². The number of aromatic nitrogens is 1. The molecule has 0 radical (unpaired) electrons. The maximum Gasteiger partial charge on any atom is 0.258 e. The molecule has 3 aromatic carbocycles. The highest BCUT2D eigenvalue weighted by Gasteiger charge is 2.19. The number of carbonyl (C=O) groups excluding carboxylic acids is 1. The quantitative estimate of drug-likeness (QED) is 0.423. The van der Waals surface area contributed by atoms with Crippen molar-refractivity contribution in [3.63, 3.8) is 0 Å². The Labute approximate surface area is 205 Å². The maximum atomic E-state index is 13.3. The van der Waals surface area contributed by atoms with Gasteiger partial charge in [0.2, 0.25) is 0 Å². The van der Waals surface area contributed by atoms with E-state index in [-0.39, 0.29) is 11.5 Å². The Bertz CT molecular complexity index is 1410. The Morgan fingerprint density at radius 3 is 2.29 bits per heavy atom. The van der Waals surface area contributed by atoms with E-state index in [9.17, 15) is 9.59 Å². The van der Waals surface area contributed by atoms with Crippen molar-refractivity contribution in [3.05, 3.63) is 94.8 Å². The first-order valence-electron chi connectivity index (χ1n) is 12.0. The minimum absolute atomic E-state index is 0.0165. The van der Waals surface area contributed by atoms with E-state index in [1.54, 1.807) is 22.6 Å². The Hall–Kier alpha value is -3.90. The van der Waals surface area contributed by atoms with Crippen LogP contribution in [0, 0.1) is 0 Å². The first kappa shape index (κ1) is 22.9. The molecular formula is C29H29N3O3. The fourth-order valence-electron chi connectivity index (χ4n) is 4.70. The van der Waals surface area contributed by atoms with Crippen LogP contribution in [0.2, 0.25) is 0 Å². The lowest BCUT2D eigenvalue weighted by Gasteiger charge is -2.30. The van der Waals surface area contributed by atoms with Crippen molar-refractivity contribution in [2.24, 2.45) is 0 Å². The fraction of sp³-hybridized carbons (Fsp3) is 0.241. The summed E-state index contributed by atoms with van der Waals surface area (Å²) in [6.07, 6.45) is 0. The molecule has 4 aromatic rings. The van der Waals surface area contributed by atoms with Crippen LogP contribution < -0.4 is 15.4 Å². The summed E-state index contributed by atoms with van der Waals surface area (Å²) in [4.78, 5) is 30.0. The minimum Gasteiger partial charge on any atom is -0.378 e. The standard InChI is InChI=1S/C29H29N3O3/c1-3-32-26-14-13-24(19-25(26)27(20-28(32)33)31-15-17-35-18-16-31)30(2)29(34)23-11-9-22(10-12-23)21-7-5-4-6-8-21/h4-14,19-20H,3,15-18H2,1-2H3. The molecule has 5 rings (SSSR count). The van der Waals surface area contributed by atoms with Crippen LogP contribution in [0.25, 0.3) is 22.0 Å². The molecule has 0 N–H and O–H groups in total. The highest BCUT2D eigenvalue weighted by Crippen LogP contribution is 2.30. The maximum absolute atomic E-state index is 13.3. The summed E-state index contributed by atoms with van der Waals surface area (Å²) in [6, 6.07) is 25.4. The van der Waals surface area contributed by atoms with Gasteiger partial charge in [-0.25, -0.2) is 0 Å². The molecule has 1 saturated heterocycles. The molecule has 0 aliphatic carbocycles. The molecule has 0 spiro atoms. The van der Waals surface area contributed by atoms with Crippen LogP contribution in [0.3, 0.4) is 0 Å². The normalized spacial score (nSPS) is 13.7. The van der Waals surface area contributed by atoms with Gasteiger partial charge in [0.05, 0.1) is 24.4 Å². The molecule has 6 nitrogen and oxygen atoms in total. The molecule has 0 bridgehead atoms. The Morgan fingerprint density at radius 1 is 0.914 bits per heavy atom. The molecule has 1 fully saturated rings. The van der Waals surface area contributed by atoms with Crippen molar-refractivity contribution in [1.82, 2.24) is 4.57 Å². The van der Waals surface area contributed by atoms with Gasteiger partial charge in [-0.15, -0.1) is 0 Å². The summed E-state index contributed by atoms with van der Waals surface area (Å²) in [6.45, 7) is 5.29. The molecule has 1 amide bonds. The third-order valence-electron chi connectivity index (χ3n) is 6.67. The van der Waals surface area contributed by atoms with Gasteiger partial charge in [0.1, 0.15) is 0 Å². The van der Waals surface area contributed by atoms with E-state index in [1.165, 1.54) is 0 Å². The first-order valence-corrected chi connectivity index (χ1v) is 12.0. The van der Waals surface area contributed by atoms with E-state index < -0.39 is 0 Å². The second-order valence-corrected chi connectivity index (χ2v) is 8.72. The van der Waals surface area contributed by atoms with E-state index in [0.717, 1.165) is 46.5 Å². The van der Waals surface area contributed by atoms with Gasteiger partial charge in [-0.2, -0.15) is 0 Å². The lowest BCUT2D eigenvalue weighted by Crippen LogP contribution is -2.37. The Balaban J connectivity index is 1.49. The van der Waals surface area contributed by atoms with Crippen LogP contribution in [0.4, 0.5) is 11.4 Å². The van der Waals surface area contributed by atoms with E-state index >= 15 is 0 Å². The van der Waals surface area contributed by atoms with Crippen molar-refractivity contribution < 1.29 is 9.53 Å². The molecule has 2 heterocycles. The molecule has 6 heteroatoms. The highest BCUT2D eigenvalue weighted by molar-refractivity contribution is 6.07. The minimum atomic E-state index is -0.0827. The lowest BCUT2D eigenvalue weighted by atomic mass is 10.0. The SMILES string of the molecule is CCn1c(=O)cc(N2CCOCC2)c2cc(N(C)C(=O)c3ccc(-c4ccccc4)cc3)ccc21. The second kappa shape index (κ2) is 9.76. The number of aryl methyl sites for hydroxylation is 1. The largest absolute Gasteiger partial charge is 0.378 e. The highest BCUT2D eigenvalue weighted by atomic mass is 16.5. The summed E-state index contributed by atoms with van der Waals surface area (Å²) in [5.41, 5.74) is 5.35. The van der Waals surface area contributed by atoms with Crippen molar-refractivity contribution in [1.29, 1.82) is 0 Å². The summed E-state index contributed by atoms with van der Waals surface area (Å²) in [7, 11) is 1.79. The number of hydrogen-bond acceptors (Lipinski definition) is 4. The van der Waals surface area contributed by atoms with Crippen LogP contribution in [0.15, 0.2) is 83.7 Å². The Morgan fingerprint density at radius 2 is 1.60 bits per heavy atom. The van der Waals surface area contributed by atoms with Gasteiger partial charge in [0.15, 0.2) is 0 Å². The van der Waals surface area contributed by atoms with E-state index in [4.69, 9.17) is 4.74 Å². The van der Waals surface area contributed by atoms with Gasteiger partial charge in [0, 0.05) is 49.4 Å². The van der Waals surface area contributed by atoms with Gasteiger partial charge >= 0.3 is 0 Å². The van der Waals surface area contributed by atoms with Gasteiger partial charge < -0.3 is 19.1 Å². The zero-order valence-corrected chi connectivity index (χ0v) is 20.1. The number of fused-ring (bicyclic) bond motifs is 1. The number of hydrogen-bond donors (Lipinski definition) is 0. The topological polar surface area (TPSA) is 54.8 Å². The van der Waals surface area contributed by atoms with Crippen molar-refractivity contribution in [2.45, 2.75) is 13.5 Å². The number of benzene rings is 3. The number of pyridine rings is 1.